The number of hydrogen-bond donors (Lipinski definition) is 3. The van der Waals surface area contributed by atoms with Crippen LogP contribution in [-0.4, -0.2) is 33.9 Å². The van der Waals surface area contributed by atoms with E-state index in [1.807, 2.05) is 6.92 Å². The van der Waals surface area contributed by atoms with E-state index in [0.29, 0.717) is 13.0 Å². The summed E-state index contributed by atoms with van der Waals surface area (Å²) in [5.74, 6) is 0. The molecule has 0 aliphatic heterocycles. The Morgan fingerprint density at radius 3 is 2.22 bits per heavy atom. The van der Waals surface area contributed by atoms with Gasteiger partial charge in [0, 0.05) is 18.7 Å². The van der Waals surface area contributed by atoms with Crippen molar-refractivity contribution in [3.63, 3.8) is 0 Å². The van der Waals surface area contributed by atoms with Crippen LogP contribution in [0.4, 0.5) is 5.69 Å². The molecule has 0 atom stereocenters. The van der Waals surface area contributed by atoms with Gasteiger partial charge in [-0.15, -0.1) is 0 Å². The summed E-state index contributed by atoms with van der Waals surface area (Å²) in [6, 6.07) is 6.17. The molecule has 0 fully saturated rings. The lowest BCUT2D eigenvalue weighted by atomic mass is 9.98. The number of nitrogens with zero attached hydrogens (tertiary/aromatic N) is 1. The number of aliphatic hydroxyl groups excluding tert-OH is 2. The molecule has 0 unspecified atom stereocenters. The highest BCUT2D eigenvalue weighted by molar-refractivity contribution is 5.32. The van der Waals surface area contributed by atoms with Crippen molar-refractivity contribution in [1.82, 2.24) is 5.32 Å². The standard InChI is InChI=1S/C12H18N2O4/c1-2-12(8-15,9-16)13-7-10-3-5-11(6-4-10)14(17)18/h3-6,13,15-16H,2,7-9H2,1H3. The molecule has 0 saturated carbocycles. The van der Waals surface area contributed by atoms with Crippen molar-refractivity contribution in [1.29, 1.82) is 0 Å². The van der Waals surface area contributed by atoms with E-state index in [-0.39, 0.29) is 18.9 Å². The maximum Gasteiger partial charge on any atom is 0.269 e. The Morgan fingerprint density at radius 1 is 1.28 bits per heavy atom. The molecule has 0 aliphatic carbocycles. The molecule has 1 aromatic rings. The summed E-state index contributed by atoms with van der Waals surface area (Å²) in [4.78, 5) is 10.0. The molecule has 0 amide bonds. The van der Waals surface area contributed by atoms with Crippen LogP contribution in [0, 0.1) is 10.1 Å². The molecule has 0 radical (unpaired) electrons. The molecule has 18 heavy (non-hydrogen) atoms. The molecule has 1 aromatic carbocycles. The van der Waals surface area contributed by atoms with Crippen LogP contribution in [0.2, 0.25) is 0 Å². The zero-order valence-electron chi connectivity index (χ0n) is 10.3. The lowest BCUT2D eigenvalue weighted by molar-refractivity contribution is -0.384. The smallest absolute Gasteiger partial charge is 0.269 e. The maximum atomic E-state index is 10.5. The van der Waals surface area contributed by atoms with Gasteiger partial charge in [0.1, 0.15) is 0 Å². The van der Waals surface area contributed by atoms with E-state index >= 15 is 0 Å². The number of aliphatic hydroxyl groups is 2. The van der Waals surface area contributed by atoms with Gasteiger partial charge in [-0.25, -0.2) is 0 Å². The van der Waals surface area contributed by atoms with Crippen LogP contribution in [0.25, 0.3) is 0 Å². The maximum absolute atomic E-state index is 10.5. The molecule has 0 heterocycles. The van der Waals surface area contributed by atoms with Crippen molar-refractivity contribution >= 4 is 5.69 Å². The van der Waals surface area contributed by atoms with Crippen LogP contribution in [0.15, 0.2) is 24.3 Å². The second-order valence-corrected chi connectivity index (χ2v) is 4.23. The third-order valence-corrected chi connectivity index (χ3v) is 3.10. The molecular weight excluding hydrogens is 236 g/mol. The third-order valence-electron chi connectivity index (χ3n) is 3.10. The zero-order chi connectivity index (χ0) is 13.6. The summed E-state index contributed by atoms with van der Waals surface area (Å²) in [5, 5.41) is 32.1. The van der Waals surface area contributed by atoms with Crippen molar-refractivity contribution in [2.75, 3.05) is 13.2 Å². The van der Waals surface area contributed by atoms with Crippen molar-refractivity contribution in [2.24, 2.45) is 0 Å². The highest BCUT2D eigenvalue weighted by Gasteiger charge is 2.25. The van der Waals surface area contributed by atoms with Crippen LogP contribution in [-0.2, 0) is 6.54 Å². The minimum atomic E-state index is -0.707. The van der Waals surface area contributed by atoms with Gasteiger partial charge in [-0.2, -0.15) is 0 Å². The van der Waals surface area contributed by atoms with Gasteiger partial charge in [0.2, 0.25) is 0 Å². The summed E-state index contributed by atoms with van der Waals surface area (Å²) in [7, 11) is 0. The number of rotatable bonds is 7. The molecule has 0 bridgehead atoms. The molecule has 0 aliphatic rings. The summed E-state index contributed by atoms with van der Waals surface area (Å²) < 4.78 is 0. The van der Waals surface area contributed by atoms with Crippen molar-refractivity contribution in [3.05, 3.63) is 39.9 Å². The largest absolute Gasteiger partial charge is 0.394 e. The molecule has 6 heteroatoms. The van der Waals surface area contributed by atoms with Crippen molar-refractivity contribution in [3.8, 4) is 0 Å². The van der Waals surface area contributed by atoms with E-state index in [1.165, 1.54) is 12.1 Å². The topological polar surface area (TPSA) is 95.6 Å². The second-order valence-electron chi connectivity index (χ2n) is 4.23. The number of benzene rings is 1. The fourth-order valence-electron chi connectivity index (χ4n) is 1.54. The molecule has 6 nitrogen and oxygen atoms in total. The van der Waals surface area contributed by atoms with Crippen LogP contribution in [0.3, 0.4) is 0 Å². The average molecular weight is 254 g/mol. The number of nitro groups is 1. The molecular formula is C12H18N2O4. The molecule has 0 spiro atoms. The van der Waals surface area contributed by atoms with Gasteiger partial charge in [-0.1, -0.05) is 19.1 Å². The van der Waals surface area contributed by atoms with Crippen LogP contribution < -0.4 is 5.32 Å². The summed E-state index contributed by atoms with van der Waals surface area (Å²) in [5.41, 5.74) is 0.201. The van der Waals surface area contributed by atoms with Crippen molar-refractivity contribution in [2.45, 2.75) is 25.4 Å². The highest BCUT2D eigenvalue weighted by Crippen LogP contribution is 2.14. The van der Waals surface area contributed by atoms with Gasteiger partial charge in [0.15, 0.2) is 0 Å². The SMILES string of the molecule is CCC(CO)(CO)NCc1ccc([N+](=O)[O-])cc1. The normalized spacial score (nSPS) is 11.5. The van der Waals surface area contributed by atoms with Gasteiger partial charge in [0.05, 0.1) is 23.7 Å². The molecule has 0 aromatic heterocycles. The Labute approximate surface area is 105 Å². The summed E-state index contributed by atoms with van der Waals surface area (Å²) in [6.45, 7) is 1.99. The fraction of sp³-hybridized carbons (Fsp3) is 0.500. The summed E-state index contributed by atoms with van der Waals surface area (Å²) in [6.07, 6.45) is 0.590. The van der Waals surface area contributed by atoms with E-state index in [4.69, 9.17) is 0 Å². The number of nitro benzene ring substituents is 1. The first kappa shape index (κ1) is 14.6. The average Bonchev–Trinajstić information content (AvgIpc) is 2.41. The van der Waals surface area contributed by atoms with Gasteiger partial charge < -0.3 is 15.5 Å². The van der Waals surface area contributed by atoms with Crippen molar-refractivity contribution < 1.29 is 15.1 Å². The Balaban J connectivity index is 2.65. The Morgan fingerprint density at radius 2 is 1.83 bits per heavy atom. The monoisotopic (exact) mass is 254 g/mol. The quantitative estimate of drug-likeness (QED) is 0.494. The minimum Gasteiger partial charge on any atom is -0.394 e. The third kappa shape index (κ3) is 3.49. The Bertz CT molecular complexity index is 379. The zero-order valence-corrected chi connectivity index (χ0v) is 10.3. The van der Waals surface area contributed by atoms with Gasteiger partial charge >= 0.3 is 0 Å². The first-order valence-corrected chi connectivity index (χ1v) is 5.77. The number of hydrogen-bond acceptors (Lipinski definition) is 5. The van der Waals surface area contributed by atoms with Gasteiger partial charge in [-0.3, -0.25) is 10.1 Å². The Hall–Kier alpha value is -1.50. The van der Waals surface area contributed by atoms with Gasteiger partial charge in [0.25, 0.3) is 5.69 Å². The number of nitrogens with one attached hydrogen (secondary N) is 1. The minimum absolute atomic E-state index is 0.0461. The lowest BCUT2D eigenvalue weighted by Gasteiger charge is -2.29. The van der Waals surface area contributed by atoms with E-state index in [1.54, 1.807) is 12.1 Å². The van der Waals surface area contributed by atoms with Crippen LogP contribution in [0.1, 0.15) is 18.9 Å². The fourth-order valence-corrected chi connectivity index (χ4v) is 1.54. The van der Waals surface area contributed by atoms with E-state index < -0.39 is 10.5 Å². The molecule has 1 rings (SSSR count). The number of non-ortho nitro benzene ring substituents is 1. The van der Waals surface area contributed by atoms with Crippen LogP contribution in [0.5, 0.6) is 0 Å². The first-order chi connectivity index (χ1) is 8.56. The van der Waals surface area contributed by atoms with Gasteiger partial charge in [-0.05, 0) is 12.0 Å². The highest BCUT2D eigenvalue weighted by atomic mass is 16.6. The summed E-state index contributed by atoms with van der Waals surface area (Å²) >= 11 is 0. The Kier molecular flexibility index (Phi) is 5.21. The molecule has 0 saturated heterocycles. The molecule has 3 N–H and O–H groups in total. The first-order valence-electron chi connectivity index (χ1n) is 5.77. The second kappa shape index (κ2) is 6.44. The predicted molar refractivity (Wildman–Crippen MR) is 67.1 cm³/mol. The van der Waals surface area contributed by atoms with E-state index in [9.17, 15) is 20.3 Å². The van der Waals surface area contributed by atoms with Crippen LogP contribution >= 0.6 is 0 Å². The molecule has 100 valence electrons. The predicted octanol–water partition coefficient (Wildman–Crippen LogP) is 0.818. The lowest BCUT2D eigenvalue weighted by Crippen LogP contribution is -2.50. The van der Waals surface area contributed by atoms with E-state index in [2.05, 4.69) is 5.32 Å². The van der Waals surface area contributed by atoms with E-state index in [0.717, 1.165) is 5.56 Å².